The highest BCUT2D eigenvalue weighted by Crippen LogP contribution is 2.30. The maximum Gasteiger partial charge on any atom is 0.434 e. The molecule has 0 bridgehead atoms. The van der Waals surface area contributed by atoms with E-state index in [-0.39, 0.29) is 42.9 Å². The maximum atomic E-state index is 13.4. The van der Waals surface area contributed by atoms with Gasteiger partial charge in [-0.2, -0.15) is 13.2 Å². The van der Waals surface area contributed by atoms with Gasteiger partial charge >= 0.3 is 6.18 Å². The second-order valence-corrected chi connectivity index (χ2v) is 6.17. The third-order valence-corrected chi connectivity index (χ3v) is 4.15. The fourth-order valence-corrected chi connectivity index (χ4v) is 2.79. The topological polar surface area (TPSA) is 58.5 Å². The zero-order valence-electron chi connectivity index (χ0n) is 14.6. The fraction of sp³-hybridized carbons (Fsp3) is 0.375. The number of guanidine groups is 1. The first kappa shape index (κ1) is 24.3. The van der Waals surface area contributed by atoms with Crippen LogP contribution >= 0.6 is 35.3 Å². The second-order valence-electron chi connectivity index (χ2n) is 5.22. The molecule has 2 rings (SSSR count). The number of thiazole rings is 1. The number of hydrogen-bond acceptors (Lipinski definition) is 4. The number of rotatable bonds is 7. The Morgan fingerprint density at radius 2 is 1.93 bits per heavy atom. The lowest BCUT2D eigenvalue weighted by Crippen LogP contribution is -2.40. The van der Waals surface area contributed by atoms with Gasteiger partial charge < -0.3 is 15.4 Å². The predicted octanol–water partition coefficient (Wildman–Crippen LogP) is 3.84. The second kappa shape index (κ2) is 11.3. The molecule has 12 heteroatoms. The zero-order chi connectivity index (χ0) is 19.9. The van der Waals surface area contributed by atoms with Gasteiger partial charge in [-0.15, -0.1) is 35.3 Å². The van der Waals surface area contributed by atoms with Gasteiger partial charge in [-0.1, -0.05) is 0 Å². The molecule has 0 radical (unpaired) electrons. The number of benzene rings is 1. The maximum absolute atomic E-state index is 13.4. The van der Waals surface area contributed by atoms with Crippen LogP contribution in [0.3, 0.4) is 0 Å². The van der Waals surface area contributed by atoms with Crippen LogP contribution in [-0.2, 0) is 12.6 Å². The Morgan fingerprint density at radius 3 is 2.54 bits per heavy atom. The Hall–Kier alpha value is -1.70. The summed E-state index contributed by atoms with van der Waals surface area (Å²) in [4.78, 5) is 7.49. The van der Waals surface area contributed by atoms with Gasteiger partial charge in [0.1, 0.15) is 12.4 Å². The lowest BCUT2D eigenvalue weighted by atomic mass is 10.3. The van der Waals surface area contributed by atoms with Gasteiger partial charge in [-0.3, -0.25) is 4.99 Å². The zero-order valence-corrected chi connectivity index (χ0v) is 17.8. The van der Waals surface area contributed by atoms with Crippen molar-refractivity contribution < 1.29 is 26.7 Å². The number of aromatic nitrogens is 1. The van der Waals surface area contributed by atoms with Crippen molar-refractivity contribution in [1.82, 2.24) is 15.6 Å². The Morgan fingerprint density at radius 1 is 1.21 bits per heavy atom. The van der Waals surface area contributed by atoms with Crippen LogP contribution in [0.4, 0.5) is 22.0 Å². The number of halogens is 6. The van der Waals surface area contributed by atoms with Crippen LogP contribution in [0.2, 0.25) is 0 Å². The highest BCUT2D eigenvalue weighted by atomic mass is 127. The van der Waals surface area contributed by atoms with E-state index in [2.05, 4.69) is 20.6 Å². The molecular formula is C16H18F5IN4OS. The number of alkyl halides is 3. The lowest BCUT2D eigenvalue weighted by Gasteiger charge is -2.12. The number of nitrogens with zero attached hydrogens (tertiary/aromatic N) is 2. The average Bonchev–Trinajstić information content (AvgIpc) is 3.08. The molecule has 2 N–H and O–H groups in total. The van der Waals surface area contributed by atoms with Crippen LogP contribution in [0.5, 0.6) is 5.75 Å². The van der Waals surface area contributed by atoms with E-state index in [1.807, 2.05) is 0 Å². The summed E-state index contributed by atoms with van der Waals surface area (Å²) in [6, 6.07) is 3.02. The predicted molar refractivity (Wildman–Crippen MR) is 107 cm³/mol. The molecule has 0 aliphatic heterocycles. The summed E-state index contributed by atoms with van der Waals surface area (Å²) in [5.74, 6) is -1.14. The Labute approximate surface area is 179 Å². The lowest BCUT2D eigenvalue weighted by molar-refractivity contribution is -0.140. The standard InChI is InChI=1S/C16H17F5N4OS.HI/c1-22-15(23-5-4-14-25-13(9-27-14)16(19,20)21)24-6-7-26-12-3-2-10(17)8-11(12)18;/h2-3,8-9H,4-7H2,1H3,(H2,22,23,24);1H. The molecule has 1 aromatic carbocycles. The summed E-state index contributed by atoms with van der Waals surface area (Å²) in [6.07, 6.45) is -4.14. The van der Waals surface area contributed by atoms with Gasteiger partial charge in [-0.25, -0.2) is 13.8 Å². The number of ether oxygens (including phenoxy) is 1. The molecule has 0 amide bonds. The smallest absolute Gasteiger partial charge is 0.434 e. The summed E-state index contributed by atoms with van der Waals surface area (Å²) in [5.41, 5.74) is -0.893. The molecule has 1 aromatic heterocycles. The van der Waals surface area contributed by atoms with Crippen molar-refractivity contribution in [3.63, 3.8) is 0 Å². The van der Waals surface area contributed by atoms with Gasteiger partial charge in [0.15, 0.2) is 23.2 Å². The van der Waals surface area contributed by atoms with Crippen LogP contribution in [-0.4, -0.2) is 37.7 Å². The Kier molecular flexibility index (Phi) is 9.85. The molecular weight excluding hydrogens is 518 g/mol. The highest BCUT2D eigenvalue weighted by molar-refractivity contribution is 14.0. The highest BCUT2D eigenvalue weighted by Gasteiger charge is 2.33. The number of aliphatic imine (C=N–C) groups is 1. The van der Waals surface area contributed by atoms with E-state index in [9.17, 15) is 22.0 Å². The molecule has 0 aliphatic rings. The summed E-state index contributed by atoms with van der Waals surface area (Å²) in [6.45, 7) is 0.717. The molecule has 5 nitrogen and oxygen atoms in total. The van der Waals surface area contributed by atoms with Crippen molar-refractivity contribution >= 4 is 41.3 Å². The summed E-state index contributed by atoms with van der Waals surface area (Å²) in [5, 5.41) is 7.18. The van der Waals surface area contributed by atoms with E-state index >= 15 is 0 Å². The quantitative estimate of drug-likeness (QED) is 0.186. The van der Waals surface area contributed by atoms with Gasteiger partial charge in [0.05, 0.1) is 11.6 Å². The first-order valence-electron chi connectivity index (χ1n) is 7.83. The SMILES string of the molecule is CN=C(NCCOc1ccc(F)cc1F)NCCc1nc(C(F)(F)F)cs1.I. The summed E-state index contributed by atoms with van der Waals surface area (Å²) >= 11 is 0.944. The van der Waals surface area contributed by atoms with Crippen LogP contribution < -0.4 is 15.4 Å². The number of nitrogens with one attached hydrogen (secondary N) is 2. The molecule has 156 valence electrons. The molecule has 0 unspecified atom stereocenters. The minimum atomic E-state index is -4.44. The van der Waals surface area contributed by atoms with Crippen LogP contribution in [0.15, 0.2) is 28.6 Å². The van der Waals surface area contributed by atoms with E-state index in [1.165, 1.54) is 13.1 Å². The van der Waals surface area contributed by atoms with E-state index in [4.69, 9.17) is 4.74 Å². The third kappa shape index (κ3) is 7.73. The molecule has 0 fully saturated rings. The van der Waals surface area contributed by atoms with Crippen molar-refractivity contribution in [2.24, 2.45) is 4.99 Å². The summed E-state index contributed by atoms with van der Waals surface area (Å²) < 4.78 is 68.9. The van der Waals surface area contributed by atoms with Crippen molar-refractivity contribution in [2.75, 3.05) is 26.7 Å². The molecule has 28 heavy (non-hydrogen) atoms. The van der Waals surface area contributed by atoms with E-state index < -0.39 is 23.5 Å². The molecule has 2 aromatic rings. The first-order valence-corrected chi connectivity index (χ1v) is 8.71. The summed E-state index contributed by atoms with van der Waals surface area (Å²) in [7, 11) is 1.53. The van der Waals surface area contributed by atoms with E-state index in [0.29, 0.717) is 23.9 Å². The van der Waals surface area contributed by atoms with Crippen LogP contribution in [0, 0.1) is 11.6 Å². The van der Waals surface area contributed by atoms with Gasteiger partial charge in [0.25, 0.3) is 0 Å². The molecule has 0 saturated carbocycles. The van der Waals surface area contributed by atoms with E-state index in [0.717, 1.165) is 28.8 Å². The van der Waals surface area contributed by atoms with Crippen molar-refractivity contribution in [3.8, 4) is 5.75 Å². The molecule has 0 atom stereocenters. The Bertz CT molecular complexity index is 785. The largest absolute Gasteiger partial charge is 0.489 e. The van der Waals surface area contributed by atoms with Gasteiger partial charge in [0, 0.05) is 31.5 Å². The van der Waals surface area contributed by atoms with Crippen LogP contribution in [0.25, 0.3) is 0 Å². The number of hydrogen-bond donors (Lipinski definition) is 2. The molecule has 0 aliphatic carbocycles. The first-order chi connectivity index (χ1) is 12.8. The third-order valence-electron chi connectivity index (χ3n) is 3.24. The fourth-order valence-electron chi connectivity index (χ4n) is 1.99. The van der Waals surface area contributed by atoms with Gasteiger partial charge in [0.2, 0.25) is 0 Å². The normalized spacial score (nSPS) is 11.7. The molecule has 1 heterocycles. The molecule has 0 saturated heterocycles. The van der Waals surface area contributed by atoms with E-state index in [1.54, 1.807) is 0 Å². The minimum absolute atomic E-state index is 0. The van der Waals surface area contributed by atoms with Crippen LogP contribution in [0.1, 0.15) is 10.7 Å². The van der Waals surface area contributed by atoms with Crippen molar-refractivity contribution in [1.29, 1.82) is 0 Å². The average molecular weight is 536 g/mol. The Balaban J connectivity index is 0.00000392. The van der Waals surface area contributed by atoms with Crippen molar-refractivity contribution in [2.45, 2.75) is 12.6 Å². The monoisotopic (exact) mass is 536 g/mol. The molecule has 0 spiro atoms. The van der Waals surface area contributed by atoms with Gasteiger partial charge in [-0.05, 0) is 12.1 Å². The minimum Gasteiger partial charge on any atom is -0.489 e. The van der Waals surface area contributed by atoms with Crippen molar-refractivity contribution in [3.05, 3.63) is 45.9 Å².